The Morgan fingerprint density at radius 1 is 1.10 bits per heavy atom. The average Bonchev–Trinajstić information content (AvgIpc) is 3.74. The maximum atomic E-state index is 13.4. The Labute approximate surface area is 257 Å². The van der Waals surface area contributed by atoms with Gasteiger partial charge in [0.15, 0.2) is 11.0 Å². The molecule has 0 radical (unpaired) electrons. The third kappa shape index (κ3) is 7.11. The molecule has 9 nitrogen and oxygen atoms in total. The van der Waals surface area contributed by atoms with Crippen molar-refractivity contribution in [3.8, 4) is 0 Å². The summed E-state index contributed by atoms with van der Waals surface area (Å²) in [6.45, 7) is 4.67. The molecule has 12 heteroatoms. The van der Waals surface area contributed by atoms with Gasteiger partial charge >= 0.3 is 5.97 Å². The van der Waals surface area contributed by atoms with Gasteiger partial charge in [0.1, 0.15) is 5.00 Å². The summed E-state index contributed by atoms with van der Waals surface area (Å²) >= 11 is 4.15. The molecule has 42 heavy (non-hydrogen) atoms. The highest BCUT2D eigenvalue weighted by molar-refractivity contribution is 8.00. The average molecular weight is 624 g/mol. The molecular formula is C30H33N5O4S3. The second-order valence-corrected chi connectivity index (χ2v) is 13.2. The quantitative estimate of drug-likeness (QED) is 0.153. The van der Waals surface area contributed by atoms with E-state index in [0.717, 1.165) is 48.1 Å². The summed E-state index contributed by atoms with van der Waals surface area (Å²) in [5.74, 6) is -0.168. The fourth-order valence-corrected chi connectivity index (χ4v) is 7.61. The highest BCUT2D eigenvalue weighted by Gasteiger charge is 2.29. The van der Waals surface area contributed by atoms with E-state index < -0.39 is 5.25 Å². The Morgan fingerprint density at radius 3 is 2.67 bits per heavy atom. The Balaban J connectivity index is 1.32. The summed E-state index contributed by atoms with van der Waals surface area (Å²) in [5.41, 5.74) is 2.67. The molecule has 1 aliphatic rings. The van der Waals surface area contributed by atoms with E-state index in [1.807, 2.05) is 41.1 Å². The standard InChI is InChI=1S/C30H33N5O4S3/c1-3-39-29(38)25-21-12-7-8-13-22(21)42-28(25)32-26(36)19(2)41-30-34-33-24(18-31-27(37)23-14-9-17-40-23)35(30)16-15-20-10-5-4-6-11-20/h4-6,9-11,14,17,19H,3,7-8,12-13,15-16,18H2,1-2H3,(H,31,37)(H,32,36). The van der Waals surface area contributed by atoms with Crippen LogP contribution in [-0.2, 0) is 41.9 Å². The fraction of sp³-hybridized carbons (Fsp3) is 0.367. The van der Waals surface area contributed by atoms with Gasteiger partial charge in [-0.25, -0.2) is 4.79 Å². The first-order valence-corrected chi connectivity index (χ1v) is 16.6. The topological polar surface area (TPSA) is 115 Å². The Hall–Kier alpha value is -3.48. The van der Waals surface area contributed by atoms with E-state index in [1.54, 1.807) is 13.0 Å². The van der Waals surface area contributed by atoms with Crippen molar-refractivity contribution in [3.05, 3.63) is 80.1 Å². The lowest BCUT2D eigenvalue weighted by Gasteiger charge is -2.15. The number of hydrogen-bond acceptors (Lipinski definition) is 9. The smallest absolute Gasteiger partial charge is 0.341 e. The first-order chi connectivity index (χ1) is 20.4. The zero-order valence-corrected chi connectivity index (χ0v) is 26.0. The number of amides is 2. The Morgan fingerprint density at radius 2 is 1.90 bits per heavy atom. The number of thiophene rings is 2. The van der Waals surface area contributed by atoms with E-state index in [1.165, 1.54) is 34.4 Å². The molecule has 4 aromatic rings. The maximum Gasteiger partial charge on any atom is 0.341 e. The predicted octanol–water partition coefficient (Wildman–Crippen LogP) is 5.75. The van der Waals surface area contributed by atoms with Crippen molar-refractivity contribution in [2.45, 2.75) is 69.4 Å². The van der Waals surface area contributed by atoms with Crippen LogP contribution in [0, 0.1) is 0 Å². The van der Waals surface area contributed by atoms with Crippen molar-refractivity contribution < 1.29 is 19.1 Å². The van der Waals surface area contributed by atoms with Crippen molar-refractivity contribution in [1.82, 2.24) is 20.1 Å². The van der Waals surface area contributed by atoms with Crippen LogP contribution in [0.5, 0.6) is 0 Å². The van der Waals surface area contributed by atoms with Crippen molar-refractivity contribution in [2.75, 3.05) is 11.9 Å². The summed E-state index contributed by atoms with van der Waals surface area (Å²) in [7, 11) is 0. The molecule has 5 rings (SSSR count). The molecule has 1 aromatic carbocycles. The Kier molecular flexibility index (Phi) is 10.1. The van der Waals surface area contributed by atoms with Crippen LogP contribution in [0.25, 0.3) is 0 Å². The van der Waals surface area contributed by atoms with Crippen LogP contribution in [0.15, 0.2) is 53.0 Å². The minimum atomic E-state index is -0.521. The van der Waals surface area contributed by atoms with Crippen molar-refractivity contribution >= 4 is 57.2 Å². The van der Waals surface area contributed by atoms with Gasteiger partial charge in [-0.2, -0.15) is 0 Å². The lowest BCUT2D eigenvalue weighted by molar-refractivity contribution is -0.115. The molecule has 0 saturated carbocycles. The zero-order chi connectivity index (χ0) is 29.5. The molecule has 0 fully saturated rings. The summed E-state index contributed by atoms with van der Waals surface area (Å²) in [5, 5.41) is 17.2. The van der Waals surface area contributed by atoms with Crippen LogP contribution in [0.2, 0.25) is 0 Å². The summed E-state index contributed by atoms with van der Waals surface area (Å²) in [6.07, 6.45) is 4.55. The number of benzene rings is 1. The molecule has 3 aromatic heterocycles. The van der Waals surface area contributed by atoms with E-state index in [-0.39, 0.29) is 30.9 Å². The summed E-state index contributed by atoms with van der Waals surface area (Å²) in [6, 6.07) is 13.7. The largest absolute Gasteiger partial charge is 0.462 e. The number of aryl methyl sites for hydroxylation is 2. The molecule has 220 valence electrons. The van der Waals surface area contributed by atoms with Gasteiger partial charge in [0.2, 0.25) is 5.91 Å². The van der Waals surface area contributed by atoms with Gasteiger partial charge in [0.25, 0.3) is 5.91 Å². The number of nitrogens with one attached hydrogen (secondary N) is 2. The van der Waals surface area contributed by atoms with Gasteiger partial charge in [-0.05, 0) is 68.5 Å². The number of nitrogens with zero attached hydrogens (tertiary/aromatic N) is 3. The minimum Gasteiger partial charge on any atom is -0.462 e. The number of carbonyl (C=O) groups is 3. The van der Waals surface area contributed by atoms with E-state index in [0.29, 0.717) is 33.0 Å². The number of aromatic nitrogens is 3. The van der Waals surface area contributed by atoms with Gasteiger partial charge in [-0.3, -0.25) is 9.59 Å². The molecule has 0 spiro atoms. The molecular weight excluding hydrogens is 591 g/mol. The number of thioether (sulfide) groups is 1. The molecule has 0 aliphatic heterocycles. The van der Waals surface area contributed by atoms with Crippen molar-refractivity contribution in [1.29, 1.82) is 0 Å². The van der Waals surface area contributed by atoms with Crippen LogP contribution in [0.3, 0.4) is 0 Å². The molecule has 3 heterocycles. The summed E-state index contributed by atoms with van der Waals surface area (Å²) in [4.78, 5) is 40.6. The normalized spacial score (nSPS) is 13.3. The molecule has 2 N–H and O–H groups in total. The Bertz CT molecular complexity index is 1530. The molecule has 0 saturated heterocycles. The highest BCUT2D eigenvalue weighted by Crippen LogP contribution is 2.39. The minimum absolute atomic E-state index is 0.166. The fourth-order valence-electron chi connectivity index (χ4n) is 4.80. The van der Waals surface area contributed by atoms with Gasteiger partial charge in [0, 0.05) is 11.4 Å². The summed E-state index contributed by atoms with van der Waals surface area (Å²) < 4.78 is 7.30. The second kappa shape index (κ2) is 14.1. The van der Waals surface area contributed by atoms with Crippen LogP contribution in [0.4, 0.5) is 5.00 Å². The van der Waals surface area contributed by atoms with E-state index in [9.17, 15) is 14.4 Å². The third-order valence-corrected chi connectivity index (χ3v) is 10.1. The number of hydrogen-bond donors (Lipinski definition) is 2. The van der Waals surface area contributed by atoms with Crippen LogP contribution in [0.1, 0.15) is 68.5 Å². The number of fused-ring (bicyclic) bond motifs is 1. The lowest BCUT2D eigenvalue weighted by Crippen LogP contribution is -2.25. The SMILES string of the molecule is CCOC(=O)c1c(NC(=O)C(C)Sc2nnc(CNC(=O)c3cccs3)n2CCc2ccccc2)sc2c1CCCC2. The molecule has 1 unspecified atom stereocenters. The van der Waals surface area contributed by atoms with Gasteiger partial charge in [0.05, 0.1) is 28.8 Å². The number of esters is 1. The third-order valence-electron chi connectivity index (χ3n) is 6.95. The second-order valence-electron chi connectivity index (χ2n) is 9.83. The first-order valence-electron chi connectivity index (χ1n) is 14.0. The van der Waals surface area contributed by atoms with Gasteiger partial charge < -0.3 is 19.9 Å². The van der Waals surface area contributed by atoms with Crippen LogP contribution >= 0.6 is 34.4 Å². The molecule has 2 amide bonds. The van der Waals surface area contributed by atoms with E-state index in [4.69, 9.17) is 4.74 Å². The number of anilines is 1. The van der Waals surface area contributed by atoms with Crippen LogP contribution in [-0.4, -0.2) is 44.4 Å². The van der Waals surface area contributed by atoms with Crippen molar-refractivity contribution in [3.63, 3.8) is 0 Å². The number of carbonyl (C=O) groups excluding carboxylic acids is 3. The van der Waals surface area contributed by atoms with Crippen LogP contribution < -0.4 is 10.6 Å². The first kappa shape index (κ1) is 30.0. The monoisotopic (exact) mass is 623 g/mol. The number of ether oxygens (including phenoxy) is 1. The van der Waals surface area contributed by atoms with Gasteiger partial charge in [-0.1, -0.05) is 48.2 Å². The van der Waals surface area contributed by atoms with Gasteiger partial charge in [-0.15, -0.1) is 32.9 Å². The van der Waals surface area contributed by atoms with Crippen molar-refractivity contribution in [2.24, 2.45) is 0 Å². The zero-order valence-electron chi connectivity index (χ0n) is 23.6. The molecule has 1 atom stereocenters. The molecule has 0 bridgehead atoms. The van der Waals surface area contributed by atoms with E-state index >= 15 is 0 Å². The number of rotatable bonds is 12. The molecule has 1 aliphatic carbocycles. The predicted molar refractivity (Wildman–Crippen MR) is 167 cm³/mol. The maximum absolute atomic E-state index is 13.4. The highest BCUT2D eigenvalue weighted by atomic mass is 32.2. The van der Waals surface area contributed by atoms with E-state index in [2.05, 4.69) is 33.0 Å². The lowest BCUT2D eigenvalue weighted by atomic mass is 9.95.